The molecule has 0 bridgehead atoms. The molecule has 10 heteroatoms. The van der Waals surface area contributed by atoms with Gasteiger partial charge in [-0.15, -0.1) is 0 Å². The van der Waals surface area contributed by atoms with Crippen molar-refractivity contribution in [3.63, 3.8) is 0 Å². The number of nitrogens with zero attached hydrogens (tertiary/aromatic N) is 5. The number of amides is 1. The molecule has 1 N–H and O–H groups in total. The third-order valence-corrected chi connectivity index (χ3v) is 7.43. The predicted octanol–water partition coefficient (Wildman–Crippen LogP) is 3.98. The number of halogens is 2. The molecule has 2 fully saturated rings. The van der Waals surface area contributed by atoms with E-state index in [1.165, 1.54) is 28.8 Å². The average molecular weight is 512 g/mol. The number of aromatic hydroxyl groups is 1. The maximum absolute atomic E-state index is 14.7. The van der Waals surface area contributed by atoms with Gasteiger partial charge in [0.1, 0.15) is 23.0 Å². The molecule has 2 aromatic heterocycles. The molecule has 0 unspecified atom stereocenters. The molecule has 0 spiro atoms. The Balaban J connectivity index is 1.69. The monoisotopic (exact) mass is 511 g/mol. The first-order valence-electron chi connectivity index (χ1n) is 11.9. The van der Waals surface area contributed by atoms with Gasteiger partial charge in [-0.05, 0) is 49.5 Å². The van der Waals surface area contributed by atoms with Crippen molar-refractivity contribution in [3.05, 3.63) is 58.2 Å². The number of phenols is 1. The first kappa shape index (κ1) is 24.2. The van der Waals surface area contributed by atoms with E-state index in [0.29, 0.717) is 43.0 Å². The van der Waals surface area contributed by atoms with Crippen LogP contribution in [0.4, 0.5) is 10.2 Å². The first-order valence-corrected chi connectivity index (χ1v) is 12.3. The summed E-state index contributed by atoms with van der Waals surface area (Å²) in [5, 5.41) is 11.1. The maximum Gasteiger partial charge on any atom is 0.351 e. The second kappa shape index (κ2) is 8.89. The molecule has 1 aromatic carbocycles. The van der Waals surface area contributed by atoms with Gasteiger partial charge in [-0.1, -0.05) is 31.2 Å². The summed E-state index contributed by atoms with van der Waals surface area (Å²) in [5.74, 6) is -0.689. The van der Waals surface area contributed by atoms with E-state index in [1.54, 1.807) is 11.0 Å². The van der Waals surface area contributed by atoms with Crippen LogP contribution in [0.1, 0.15) is 26.7 Å². The number of anilines is 1. The van der Waals surface area contributed by atoms with E-state index in [-0.39, 0.29) is 39.4 Å². The van der Waals surface area contributed by atoms with Crippen LogP contribution in [-0.4, -0.2) is 56.1 Å². The number of benzene rings is 1. The number of piperazine rings is 1. The van der Waals surface area contributed by atoms with Crippen molar-refractivity contribution in [3.8, 4) is 17.0 Å². The van der Waals surface area contributed by atoms with Crippen molar-refractivity contribution in [2.75, 3.05) is 24.5 Å². The molecule has 1 aliphatic carbocycles. The van der Waals surface area contributed by atoms with Gasteiger partial charge in [0.25, 0.3) is 0 Å². The van der Waals surface area contributed by atoms with E-state index in [0.717, 1.165) is 12.8 Å². The highest BCUT2D eigenvalue weighted by molar-refractivity contribution is 6.34. The molecular formula is C26H27ClFN5O3. The fourth-order valence-electron chi connectivity index (χ4n) is 4.79. The fourth-order valence-corrected chi connectivity index (χ4v) is 5.04. The number of carbonyl (C=O) groups is 1. The molecule has 5 rings (SSSR count). The van der Waals surface area contributed by atoms with Crippen molar-refractivity contribution in [1.29, 1.82) is 0 Å². The van der Waals surface area contributed by atoms with E-state index in [1.807, 2.05) is 11.8 Å². The van der Waals surface area contributed by atoms with Crippen molar-refractivity contribution < 1.29 is 14.3 Å². The highest BCUT2D eigenvalue weighted by Gasteiger charge is 2.39. The Hall–Kier alpha value is -3.46. The van der Waals surface area contributed by atoms with Crippen LogP contribution in [0.25, 0.3) is 22.3 Å². The molecule has 1 atom stereocenters. The summed E-state index contributed by atoms with van der Waals surface area (Å²) < 4.78 is 16.3. The van der Waals surface area contributed by atoms with Crippen LogP contribution >= 0.6 is 11.6 Å². The van der Waals surface area contributed by atoms with E-state index in [9.17, 15) is 19.1 Å². The molecule has 1 saturated heterocycles. The number of pyridine rings is 1. The number of carbonyl (C=O) groups excluding carboxylic acids is 1. The van der Waals surface area contributed by atoms with Gasteiger partial charge in [0.2, 0.25) is 5.91 Å². The van der Waals surface area contributed by atoms with E-state index < -0.39 is 11.5 Å². The molecule has 36 heavy (non-hydrogen) atoms. The quantitative estimate of drug-likeness (QED) is 0.521. The molecule has 8 nitrogen and oxygen atoms in total. The Kier molecular flexibility index (Phi) is 5.98. The van der Waals surface area contributed by atoms with Gasteiger partial charge in [0.15, 0.2) is 0 Å². The SMILES string of the molecule is C=CC(=O)N1CCN(c2nc(=O)n(CC3(C)CC3)c3nc(-c4c(O)cccc4F)c(Cl)cc23)[C@@H](C)C1. The van der Waals surface area contributed by atoms with Gasteiger partial charge in [0.05, 0.1) is 21.7 Å². The van der Waals surface area contributed by atoms with Gasteiger partial charge in [-0.3, -0.25) is 9.36 Å². The van der Waals surface area contributed by atoms with Gasteiger partial charge in [0, 0.05) is 32.2 Å². The lowest BCUT2D eigenvalue weighted by atomic mass is 10.1. The Morgan fingerprint density at radius 1 is 1.33 bits per heavy atom. The second-order valence-corrected chi connectivity index (χ2v) is 10.4. The van der Waals surface area contributed by atoms with Crippen LogP contribution in [0.2, 0.25) is 5.02 Å². The van der Waals surface area contributed by atoms with Crippen molar-refractivity contribution >= 4 is 34.4 Å². The van der Waals surface area contributed by atoms with Gasteiger partial charge >= 0.3 is 5.69 Å². The third-order valence-electron chi connectivity index (χ3n) is 7.14. The number of rotatable bonds is 5. The van der Waals surface area contributed by atoms with E-state index in [2.05, 4.69) is 23.5 Å². The summed E-state index contributed by atoms with van der Waals surface area (Å²) in [7, 11) is 0. The largest absolute Gasteiger partial charge is 0.507 e. The maximum atomic E-state index is 14.7. The zero-order valence-corrected chi connectivity index (χ0v) is 20.9. The Bertz CT molecular complexity index is 1430. The van der Waals surface area contributed by atoms with Crippen LogP contribution in [0.3, 0.4) is 0 Å². The molecule has 1 amide bonds. The van der Waals surface area contributed by atoms with Gasteiger partial charge in [-0.25, -0.2) is 14.2 Å². The number of hydrogen-bond donors (Lipinski definition) is 1. The molecule has 0 radical (unpaired) electrons. The minimum atomic E-state index is -0.669. The molecule has 3 aromatic rings. The molecule has 1 aliphatic heterocycles. The summed E-state index contributed by atoms with van der Waals surface area (Å²) in [4.78, 5) is 38.2. The van der Waals surface area contributed by atoms with Gasteiger partial charge < -0.3 is 14.9 Å². The minimum Gasteiger partial charge on any atom is -0.507 e. The van der Waals surface area contributed by atoms with E-state index >= 15 is 0 Å². The van der Waals surface area contributed by atoms with Crippen molar-refractivity contribution in [2.24, 2.45) is 5.41 Å². The summed E-state index contributed by atoms with van der Waals surface area (Å²) in [5.41, 5.74) is -0.228. The lowest BCUT2D eigenvalue weighted by molar-refractivity contribution is -0.126. The molecular weight excluding hydrogens is 485 g/mol. The normalized spacial score (nSPS) is 18.9. The smallest absolute Gasteiger partial charge is 0.351 e. The minimum absolute atomic E-state index is 0.0362. The predicted molar refractivity (Wildman–Crippen MR) is 137 cm³/mol. The second-order valence-electron chi connectivity index (χ2n) is 9.97. The first-order chi connectivity index (χ1) is 17.1. The van der Waals surface area contributed by atoms with Crippen molar-refractivity contribution in [2.45, 2.75) is 39.3 Å². The number of fused-ring (bicyclic) bond motifs is 1. The van der Waals surface area contributed by atoms with Crippen LogP contribution < -0.4 is 10.6 Å². The Labute approximate surface area is 212 Å². The van der Waals surface area contributed by atoms with Crippen molar-refractivity contribution in [1.82, 2.24) is 19.4 Å². The van der Waals surface area contributed by atoms with Crippen LogP contribution in [0, 0.1) is 11.2 Å². The lowest BCUT2D eigenvalue weighted by Gasteiger charge is -2.40. The summed E-state index contributed by atoms with van der Waals surface area (Å²) >= 11 is 6.61. The average Bonchev–Trinajstić information content (AvgIpc) is 3.57. The standard InChI is InChI=1S/C26H27ClFN5O3/c1-4-20(35)31-10-11-32(15(2)13-31)24-16-12-17(27)22(21-18(28)6-5-7-19(21)34)29-23(16)33(25(36)30-24)14-26(3)8-9-26/h4-7,12,15,34H,1,8-11,13-14H2,2-3H3/t15-/m0/s1. The Morgan fingerprint density at radius 3 is 2.72 bits per heavy atom. The molecule has 3 heterocycles. The Morgan fingerprint density at radius 2 is 2.08 bits per heavy atom. The number of phenolic OH excluding ortho intramolecular Hbond substituents is 1. The van der Waals surface area contributed by atoms with Crippen LogP contribution in [0.5, 0.6) is 5.75 Å². The van der Waals surface area contributed by atoms with Crippen LogP contribution in [-0.2, 0) is 11.3 Å². The van der Waals surface area contributed by atoms with E-state index in [4.69, 9.17) is 11.6 Å². The lowest BCUT2D eigenvalue weighted by Crippen LogP contribution is -2.54. The van der Waals surface area contributed by atoms with Crippen LogP contribution in [0.15, 0.2) is 41.7 Å². The zero-order chi connectivity index (χ0) is 25.8. The zero-order valence-electron chi connectivity index (χ0n) is 20.2. The highest BCUT2D eigenvalue weighted by atomic mass is 35.5. The fraction of sp³-hybridized carbons (Fsp3) is 0.385. The topological polar surface area (TPSA) is 91.6 Å². The number of aromatic nitrogens is 3. The molecule has 2 aliphatic rings. The third kappa shape index (κ3) is 4.21. The summed E-state index contributed by atoms with van der Waals surface area (Å²) in [6, 6.07) is 5.48. The molecule has 1 saturated carbocycles. The molecule has 188 valence electrons. The van der Waals surface area contributed by atoms with Gasteiger partial charge in [-0.2, -0.15) is 4.98 Å². The summed E-state index contributed by atoms with van der Waals surface area (Å²) in [6.07, 6.45) is 3.25. The summed E-state index contributed by atoms with van der Waals surface area (Å²) in [6.45, 7) is 9.37. The number of hydrogen-bond acceptors (Lipinski definition) is 6. The highest BCUT2D eigenvalue weighted by Crippen LogP contribution is 2.47.